The van der Waals surface area contributed by atoms with Gasteiger partial charge in [0.05, 0.1) is 22.9 Å². The summed E-state index contributed by atoms with van der Waals surface area (Å²) in [5.74, 6) is 0.980. The molecule has 1 fully saturated rings. The van der Waals surface area contributed by atoms with Crippen LogP contribution in [0.25, 0.3) is 22.4 Å². The molecule has 144 valence electrons. The molecule has 7 heteroatoms. The highest BCUT2D eigenvalue weighted by molar-refractivity contribution is 6.07. The molecule has 1 unspecified atom stereocenters. The summed E-state index contributed by atoms with van der Waals surface area (Å²) in [4.78, 5) is 17.7. The van der Waals surface area contributed by atoms with Gasteiger partial charge in [-0.05, 0) is 49.9 Å². The van der Waals surface area contributed by atoms with Gasteiger partial charge in [-0.2, -0.15) is 0 Å². The topological polar surface area (TPSA) is 81.1 Å². The zero-order valence-electron chi connectivity index (χ0n) is 15.0. The fraction of sp³-hybridized carbons (Fsp3) is 0.300. The first-order chi connectivity index (χ1) is 12.1. The van der Waals surface area contributed by atoms with Crippen molar-refractivity contribution in [3.05, 3.63) is 54.3 Å². The summed E-state index contributed by atoms with van der Waals surface area (Å²) in [5.41, 5.74) is 7.59. The zero-order chi connectivity index (χ0) is 17.4. The van der Waals surface area contributed by atoms with Gasteiger partial charge in [0.25, 0.3) is 5.91 Å². The lowest BCUT2D eigenvalue weighted by Gasteiger charge is -2.29. The average molecular weight is 408 g/mol. The molecule has 0 radical (unpaired) electrons. The first-order valence-electron chi connectivity index (χ1n) is 8.57. The van der Waals surface area contributed by atoms with Crippen molar-refractivity contribution < 1.29 is 9.21 Å². The third-order valence-electron chi connectivity index (χ3n) is 5.04. The number of hydrogen-bond donors (Lipinski definition) is 2. The second-order valence-electron chi connectivity index (χ2n) is 6.90. The summed E-state index contributed by atoms with van der Waals surface area (Å²) in [5, 5.41) is 3.99. The highest BCUT2D eigenvalue weighted by atomic mass is 35.5. The number of benzene rings is 1. The standard InChI is InChI=1S/C20H21N3O2.2ClH/c1-20(12-21,13-8-9-13)23-19(24)15-11-17(18-7-4-10-25-18)22-16-6-3-2-5-14(15)16;;/h2-7,10-11,13H,8-9,12,21H2,1H3,(H,23,24);2*1H. The van der Waals surface area contributed by atoms with E-state index < -0.39 is 0 Å². The molecule has 1 aliphatic carbocycles. The minimum Gasteiger partial charge on any atom is -0.463 e. The molecule has 4 rings (SSSR count). The smallest absolute Gasteiger partial charge is 0.252 e. The number of pyridine rings is 1. The lowest BCUT2D eigenvalue weighted by atomic mass is 9.95. The number of halogens is 2. The number of nitrogens with one attached hydrogen (secondary N) is 1. The largest absolute Gasteiger partial charge is 0.463 e. The van der Waals surface area contributed by atoms with Crippen LogP contribution in [0.1, 0.15) is 30.1 Å². The lowest BCUT2D eigenvalue weighted by Crippen LogP contribution is -2.53. The third kappa shape index (κ3) is 4.10. The Bertz CT molecular complexity index is 926. The third-order valence-corrected chi connectivity index (χ3v) is 5.04. The number of rotatable bonds is 5. The van der Waals surface area contributed by atoms with E-state index in [2.05, 4.69) is 10.3 Å². The summed E-state index contributed by atoms with van der Waals surface area (Å²) in [6.07, 6.45) is 3.83. The lowest BCUT2D eigenvalue weighted by molar-refractivity contribution is 0.0899. The molecule has 0 aliphatic heterocycles. The average Bonchev–Trinajstić information content (AvgIpc) is 3.36. The summed E-state index contributed by atoms with van der Waals surface area (Å²) in [6, 6.07) is 13.1. The molecule has 27 heavy (non-hydrogen) atoms. The Morgan fingerprint density at radius 3 is 2.63 bits per heavy atom. The fourth-order valence-corrected chi connectivity index (χ4v) is 3.28. The van der Waals surface area contributed by atoms with E-state index in [9.17, 15) is 4.79 Å². The molecule has 1 saturated carbocycles. The monoisotopic (exact) mass is 407 g/mol. The van der Waals surface area contributed by atoms with Gasteiger partial charge >= 0.3 is 0 Å². The van der Waals surface area contributed by atoms with Crippen molar-refractivity contribution in [1.29, 1.82) is 0 Å². The summed E-state index contributed by atoms with van der Waals surface area (Å²) < 4.78 is 5.46. The molecule has 0 saturated heterocycles. The van der Waals surface area contributed by atoms with Crippen molar-refractivity contribution in [2.45, 2.75) is 25.3 Å². The molecular formula is C20H23Cl2N3O2. The van der Waals surface area contributed by atoms with Gasteiger partial charge in [-0.3, -0.25) is 4.79 Å². The molecule has 1 amide bonds. The second kappa shape index (κ2) is 8.30. The van der Waals surface area contributed by atoms with E-state index in [1.807, 2.05) is 43.3 Å². The van der Waals surface area contributed by atoms with E-state index in [4.69, 9.17) is 10.2 Å². The van der Waals surface area contributed by atoms with Gasteiger partial charge in [0.1, 0.15) is 5.69 Å². The molecule has 1 atom stereocenters. The van der Waals surface area contributed by atoms with Crippen molar-refractivity contribution in [2.75, 3.05) is 6.54 Å². The molecule has 2 heterocycles. The van der Waals surface area contributed by atoms with Crippen LogP contribution in [0.5, 0.6) is 0 Å². The Hall–Kier alpha value is -2.08. The van der Waals surface area contributed by atoms with Crippen molar-refractivity contribution in [2.24, 2.45) is 11.7 Å². The number of para-hydroxylation sites is 1. The Balaban J connectivity index is 0.00000131. The minimum atomic E-state index is -0.369. The number of fused-ring (bicyclic) bond motifs is 1. The number of aromatic nitrogens is 1. The van der Waals surface area contributed by atoms with Crippen LogP contribution in [0.15, 0.2) is 53.1 Å². The zero-order valence-corrected chi connectivity index (χ0v) is 16.6. The molecule has 3 aromatic rings. The van der Waals surface area contributed by atoms with Crippen molar-refractivity contribution in [3.8, 4) is 11.5 Å². The summed E-state index contributed by atoms with van der Waals surface area (Å²) in [6.45, 7) is 2.46. The Morgan fingerprint density at radius 1 is 1.26 bits per heavy atom. The van der Waals surface area contributed by atoms with Crippen molar-refractivity contribution in [3.63, 3.8) is 0 Å². The molecule has 3 N–H and O–H groups in total. The highest BCUT2D eigenvalue weighted by Crippen LogP contribution is 2.39. The van der Waals surface area contributed by atoms with E-state index in [0.717, 1.165) is 23.7 Å². The Kier molecular flexibility index (Phi) is 6.52. The number of carbonyl (C=O) groups is 1. The quantitative estimate of drug-likeness (QED) is 0.663. The Labute approximate surface area is 170 Å². The van der Waals surface area contributed by atoms with Gasteiger partial charge in [0, 0.05) is 11.9 Å². The van der Waals surface area contributed by atoms with Gasteiger partial charge in [0.2, 0.25) is 0 Å². The number of amides is 1. The van der Waals surface area contributed by atoms with E-state index in [1.165, 1.54) is 0 Å². The molecule has 0 bridgehead atoms. The normalized spacial score (nSPS) is 15.3. The van der Waals surface area contributed by atoms with Crippen LogP contribution in [0.4, 0.5) is 0 Å². The van der Waals surface area contributed by atoms with Crippen LogP contribution in [0.2, 0.25) is 0 Å². The van der Waals surface area contributed by atoms with E-state index in [-0.39, 0.29) is 36.3 Å². The van der Waals surface area contributed by atoms with Crippen molar-refractivity contribution >= 4 is 41.6 Å². The molecule has 0 spiro atoms. The maximum Gasteiger partial charge on any atom is 0.252 e. The fourth-order valence-electron chi connectivity index (χ4n) is 3.28. The predicted octanol–water partition coefficient (Wildman–Crippen LogP) is 4.20. The summed E-state index contributed by atoms with van der Waals surface area (Å²) >= 11 is 0. The summed E-state index contributed by atoms with van der Waals surface area (Å²) in [7, 11) is 0. The van der Waals surface area contributed by atoms with Gasteiger partial charge in [-0.25, -0.2) is 4.98 Å². The van der Waals surface area contributed by atoms with E-state index in [0.29, 0.717) is 29.5 Å². The first kappa shape index (κ1) is 21.2. The van der Waals surface area contributed by atoms with E-state index in [1.54, 1.807) is 12.3 Å². The maximum atomic E-state index is 13.1. The molecule has 2 aromatic heterocycles. The van der Waals surface area contributed by atoms with Gasteiger partial charge in [-0.1, -0.05) is 18.2 Å². The molecular weight excluding hydrogens is 385 g/mol. The SMILES string of the molecule is CC(CN)(NC(=O)c1cc(-c2ccco2)nc2ccccc12)C1CC1.Cl.Cl. The molecule has 1 aromatic carbocycles. The van der Waals surface area contributed by atoms with Crippen LogP contribution in [-0.4, -0.2) is 23.0 Å². The number of nitrogens with zero attached hydrogens (tertiary/aromatic N) is 1. The number of nitrogens with two attached hydrogens (primary N) is 1. The predicted molar refractivity (Wildman–Crippen MR) is 112 cm³/mol. The first-order valence-corrected chi connectivity index (χ1v) is 8.57. The number of hydrogen-bond acceptors (Lipinski definition) is 4. The van der Waals surface area contributed by atoms with E-state index >= 15 is 0 Å². The van der Waals surface area contributed by atoms with Crippen LogP contribution >= 0.6 is 24.8 Å². The van der Waals surface area contributed by atoms with Crippen LogP contribution in [0.3, 0.4) is 0 Å². The molecule has 1 aliphatic rings. The van der Waals surface area contributed by atoms with Gasteiger partial charge in [-0.15, -0.1) is 24.8 Å². The molecule has 5 nitrogen and oxygen atoms in total. The maximum absolute atomic E-state index is 13.1. The minimum absolute atomic E-state index is 0. The van der Waals surface area contributed by atoms with Crippen LogP contribution < -0.4 is 11.1 Å². The number of furan rings is 1. The van der Waals surface area contributed by atoms with Crippen LogP contribution in [-0.2, 0) is 0 Å². The Morgan fingerprint density at radius 2 is 2.00 bits per heavy atom. The number of carbonyl (C=O) groups excluding carboxylic acids is 1. The van der Waals surface area contributed by atoms with Gasteiger partial charge in [0.15, 0.2) is 5.76 Å². The van der Waals surface area contributed by atoms with Crippen LogP contribution in [0, 0.1) is 5.92 Å². The second-order valence-corrected chi connectivity index (χ2v) is 6.90. The van der Waals surface area contributed by atoms with Gasteiger partial charge < -0.3 is 15.5 Å². The van der Waals surface area contributed by atoms with Crippen molar-refractivity contribution in [1.82, 2.24) is 10.3 Å². The highest BCUT2D eigenvalue weighted by Gasteiger charge is 2.41.